The van der Waals surface area contributed by atoms with Crippen LogP contribution < -0.4 is 5.56 Å². The van der Waals surface area contributed by atoms with Gasteiger partial charge in [0.25, 0.3) is 17.4 Å². The molecule has 5 nitrogen and oxygen atoms in total. The number of H-pyrrole nitrogens is 1. The van der Waals surface area contributed by atoms with Gasteiger partial charge in [0.1, 0.15) is 0 Å². The van der Waals surface area contributed by atoms with E-state index in [1.165, 1.54) is 4.90 Å². The molecule has 5 rings (SSSR count). The monoisotopic (exact) mass is 419 g/mol. The molecule has 0 radical (unpaired) electrons. The van der Waals surface area contributed by atoms with Crippen LogP contribution >= 0.6 is 0 Å². The number of halogens is 2. The Balaban J connectivity index is 1.51. The van der Waals surface area contributed by atoms with Gasteiger partial charge in [0, 0.05) is 36.9 Å². The van der Waals surface area contributed by atoms with Crippen molar-refractivity contribution >= 4 is 27.5 Å². The summed E-state index contributed by atoms with van der Waals surface area (Å²) in [6, 6.07) is 16.8. The standard InChI is InChI=1S/C24H19F2N3O2/c25-24(26)8-10-29(11-9-24)23(31)17-5-6-20-15(12-17)2-1-3-19(20)16-4-7-21-18(13-16)14-27-28-22(21)30/h1-7,12-14H,8-11H2,(H,28,30). The lowest BCUT2D eigenvalue weighted by Crippen LogP contribution is -2.42. The molecular formula is C24H19F2N3O2. The molecule has 0 unspecified atom stereocenters. The predicted octanol–water partition coefficient (Wildman–Crippen LogP) is 4.61. The van der Waals surface area contributed by atoms with Crippen molar-refractivity contribution < 1.29 is 13.6 Å². The maximum absolute atomic E-state index is 13.4. The van der Waals surface area contributed by atoms with Crippen LogP contribution in [0.25, 0.3) is 32.7 Å². The van der Waals surface area contributed by atoms with Crippen LogP contribution in [0.5, 0.6) is 0 Å². The van der Waals surface area contributed by atoms with E-state index in [-0.39, 0.29) is 37.4 Å². The lowest BCUT2D eigenvalue weighted by molar-refractivity contribution is -0.0494. The van der Waals surface area contributed by atoms with E-state index in [0.29, 0.717) is 10.9 Å². The van der Waals surface area contributed by atoms with Gasteiger partial charge < -0.3 is 4.90 Å². The summed E-state index contributed by atoms with van der Waals surface area (Å²) in [4.78, 5) is 26.2. The number of piperidine rings is 1. The topological polar surface area (TPSA) is 66.1 Å². The molecule has 0 aliphatic carbocycles. The van der Waals surface area contributed by atoms with E-state index in [1.807, 2.05) is 36.4 Å². The molecule has 1 amide bonds. The Morgan fingerprint density at radius 3 is 2.55 bits per heavy atom. The number of hydrogen-bond donors (Lipinski definition) is 1. The van der Waals surface area contributed by atoms with Crippen molar-refractivity contribution in [1.82, 2.24) is 15.1 Å². The quantitative estimate of drug-likeness (QED) is 0.516. The molecule has 156 valence electrons. The Labute approximate surface area is 176 Å². The molecule has 1 N–H and O–H groups in total. The normalized spacial score (nSPS) is 16.0. The first-order valence-electron chi connectivity index (χ1n) is 10.1. The number of benzene rings is 3. The number of aromatic amines is 1. The van der Waals surface area contributed by atoms with E-state index in [4.69, 9.17) is 0 Å². The third kappa shape index (κ3) is 3.56. The second-order valence-electron chi connectivity index (χ2n) is 7.89. The van der Waals surface area contributed by atoms with Gasteiger partial charge >= 0.3 is 0 Å². The molecule has 0 atom stereocenters. The number of fused-ring (bicyclic) bond motifs is 2. The minimum absolute atomic E-state index is 0.0637. The second-order valence-corrected chi connectivity index (χ2v) is 7.89. The van der Waals surface area contributed by atoms with Gasteiger partial charge in [0.05, 0.1) is 11.6 Å². The van der Waals surface area contributed by atoms with Gasteiger partial charge in [-0.2, -0.15) is 5.10 Å². The highest BCUT2D eigenvalue weighted by Crippen LogP contribution is 2.32. The van der Waals surface area contributed by atoms with Crippen molar-refractivity contribution in [2.45, 2.75) is 18.8 Å². The molecule has 3 aromatic carbocycles. The fourth-order valence-corrected chi connectivity index (χ4v) is 4.15. The van der Waals surface area contributed by atoms with Gasteiger partial charge in [-0.3, -0.25) is 9.59 Å². The van der Waals surface area contributed by atoms with E-state index in [9.17, 15) is 18.4 Å². The Hall–Kier alpha value is -3.61. The number of nitrogens with zero attached hydrogens (tertiary/aromatic N) is 2. The molecule has 4 aromatic rings. The number of aromatic nitrogens is 2. The van der Waals surface area contributed by atoms with Gasteiger partial charge in [-0.25, -0.2) is 13.9 Å². The van der Waals surface area contributed by atoms with E-state index in [2.05, 4.69) is 10.2 Å². The maximum Gasteiger partial charge on any atom is 0.272 e. The fourth-order valence-electron chi connectivity index (χ4n) is 4.15. The van der Waals surface area contributed by atoms with Gasteiger partial charge in [-0.15, -0.1) is 0 Å². The van der Waals surface area contributed by atoms with Crippen molar-refractivity contribution in [1.29, 1.82) is 0 Å². The molecule has 31 heavy (non-hydrogen) atoms. The second kappa shape index (κ2) is 7.27. The van der Waals surface area contributed by atoms with E-state index < -0.39 is 5.92 Å². The molecule has 1 aliphatic heterocycles. The molecule has 1 saturated heterocycles. The van der Waals surface area contributed by atoms with Gasteiger partial charge in [-0.1, -0.05) is 30.3 Å². The average Bonchev–Trinajstić information content (AvgIpc) is 2.78. The summed E-state index contributed by atoms with van der Waals surface area (Å²) in [6.45, 7) is 0.127. The first-order chi connectivity index (χ1) is 14.9. The Bertz CT molecular complexity index is 1370. The van der Waals surface area contributed by atoms with Crippen molar-refractivity contribution in [3.8, 4) is 11.1 Å². The number of nitrogens with one attached hydrogen (secondary N) is 1. The summed E-state index contributed by atoms with van der Waals surface area (Å²) in [6.07, 6.45) is 1.02. The number of hydrogen-bond acceptors (Lipinski definition) is 3. The zero-order valence-corrected chi connectivity index (χ0v) is 16.6. The number of carbonyl (C=O) groups is 1. The molecule has 1 fully saturated rings. The highest BCUT2D eigenvalue weighted by Gasteiger charge is 2.35. The Morgan fingerprint density at radius 2 is 1.74 bits per heavy atom. The summed E-state index contributed by atoms with van der Waals surface area (Å²) in [7, 11) is 0. The van der Waals surface area contributed by atoms with Crippen LogP contribution in [0.2, 0.25) is 0 Å². The molecular weight excluding hydrogens is 400 g/mol. The van der Waals surface area contributed by atoms with E-state index in [0.717, 1.165) is 27.3 Å². The lowest BCUT2D eigenvalue weighted by atomic mass is 9.95. The number of amides is 1. The van der Waals surface area contributed by atoms with Gasteiger partial charge in [-0.05, 0) is 46.2 Å². The molecule has 7 heteroatoms. The summed E-state index contributed by atoms with van der Waals surface area (Å²) in [5, 5.41) is 9.45. The van der Waals surface area contributed by atoms with Gasteiger partial charge in [0.2, 0.25) is 0 Å². The fraction of sp³-hybridized carbons (Fsp3) is 0.208. The Morgan fingerprint density at radius 1 is 0.968 bits per heavy atom. The smallest absolute Gasteiger partial charge is 0.272 e. The zero-order valence-electron chi connectivity index (χ0n) is 16.6. The summed E-state index contributed by atoms with van der Waals surface area (Å²) >= 11 is 0. The summed E-state index contributed by atoms with van der Waals surface area (Å²) in [5.41, 5.74) is 2.16. The first-order valence-corrected chi connectivity index (χ1v) is 10.1. The highest BCUT2D eigenvalue weighted by molar-refractivity contribution is 6.03. The SMILES string of the molecule is O=C(c1ccc2c(-c3ccc4c(=O)[nH]ncc4c3)cccc2c1)N1CCC(F)(F)CC1. The van der Waals surface area contributed by atoms with Crippen LogP contribution in [0.15, 0.2) is 65.6 Å². The zero-order chi connectivity index (χ0) is 21.6. The summed E-state index contributed by atoms with van der Waals surface area (Å²) < 4.78 is 26.8. The maximum atomic E-state index is 13.4. The Kier molecular flexibility index (Phi) is 4.54. The number of likely N-dealkylation sites (tertiary alicyclic amines) is 1. The van der Waals surface area contributed by atoms with Crippen molar-refractivity contribution in [2.75, 3.05) is 13.1 Å². The molecule has 1 aliphatic rings. The van der Waals surface area contributed by atoms with Gasteiger partial charge in [0.15, 0.2) is 0 Å². The van der Waals surface area contributed by atoms with Crippen LogP contribution in [0.4, 0.5) is 8.78 Å². The number of rotatable bonds is 2. The van der Waals surface area contributed by atoms with Crippen molar-refractivity contribution in [2.24, 2.45) is 0 Å². The first kappa shape index (κ1) is 19.4. The van der Waals surface area contributed by atoms with Crippen LogP contribution in [-0.4, -0.2) is 40.0 Å². The number of carbonyl (C=O) groups excluding carboxylic acids is 1. The predicted molar refractivity (Wildman–Crippen MR) is 115 cm³/mol. The van der Waals surface area contributed by atoms with Crippen LogP contribution in [0.1, 0.15) is 23.2 Å². The minimum atomic E-state index is -2.69. The third-order valence-corrected chi connectivity index (χ3v) is 5.89. The molecule has 1 aromatic heterocycles. The average molecular weight is 419 g/mol. The molecule has 0 spiro atoms. The third-order valence-electron chi connectivity index (χ3n) is 5.89. The molecule has 0 bridgehead atoms. The van der Waals surface area contributed by atoms with Crippen LogP contribution in [0, 0.1) is 0 Å². The minimum Gasteiger partial charge on any atom is -0.338 e. The van der Waals surface area contributed by atoms with Crippen molar-refractivity contribution in [3.63, 3.8) is 0 Å². The van der Waals surface area contributed by atoms with E-state index in [1.54, 1.807) is 24.4 Å². The highest BCUT2D eigenvalue weighted by atomic mass is 19.3. The van der Waals surface area contributed by atoms with Crippen LogP contribution in [0.3, 0.4) is 0 Å². The van der Waals surface area contributed by atoms with Crippen molar-refractivity contribution in [3.05, 3.63) is 76.7 Å². The molecule has 2 heterocycles. The van der Waals surface area contributed by atoms with Crippen LogP contribution in [-0.2, 0) is 0 Å². The largest absolute Gasteiger partial charge is 0.338 e. The number of alkyl halides is 2. The van der Waals surface area contributed by atoms with E-state index >= 15 is 0 Å². The lowest BCUT2D eigenvalue weighted by Gasteiger charge is -2.31. The summed E-state index contributed by atoms with van der Waals surface area (Å²) in [5.74, 6) is -2.91. The molecule has 0 saturated carbocycles.